The number of hydrogen-bond donors (Lipinski definition) is 0. The number of Topliss-reactive ketones (excluding diaryl/α,β-unsaturated/α-hetero) is 1. The van der Waals surface area contributed by atoms with Crippen molar-refractivity contribution >= 4 is 16.9 Å². The summed E-state index contributed by atoms with van der Waals surface area (Å²) in [6.07, 6.45) is 0. The summed E-state index contributed by atoms with van der Waals surface area (Å²) in [7, 11) is 0. The second-order valence-electron chi connectivity index (χ2n) is 6.83. The van der Waals surface area contributed by atoms with Crippen LogP contribution < -0.4 is 0 Å². The van der Waals surface area contributed by atoms with Gasteiger partial charge in [-0.2, -0.15) is 0 Å². The lowest BCUT2D eigenvalue weighted by Crippen LogP contribution is -2.13. The van der Waals surface area contributed by atoms with Crippen LogP contribution in [-0.2, 0) is 4.79 Å². The van der Waals surface area contributed by atoms with E-state index in [9.17, 15) is 4.79 Å². The Bertz CT molecular complexity index is 855. The SMILES string of the molecule is CC1=C(C)C(C)=C2C(=C(C)c3c(C)c(C)c(C)c(C)c32)C1=O. The number of carbonyl (C=O) groups is 1. The first-order valence-electron chi connectivity index (χ1n) is 7.95. The molecular formula is C21H24O. The summed E-state index contributed by atoms with van der Waals surface area (Å²) in [6.45, 7) is 17.1. The van der Waals surface area contributed by atoms with Crippen LogP contribution in [0.1, 0.15) is 61.1 Å². The van der Waals surface area contributed by atoms with Crippen LogP contribution in [0.5, 0.6) is 0 Å². The minimum absolute atomic E-state index is 0.209. The first-order valence-corrected chi connectivity index (χ1v) is 7.95. The van der Waals surface area contributed by atoms with Crippen LogP contribution in [0.25, 0.3) is 11.1 Å². The van der Waals surface area contributed by atoms with Crippen molar-refractivity contribution in [3.05, 3.63) is 55.7 Å². The van der Waals surface area contributed by atoms with Crippen molar-refractivity contribution in [2.24, 2.45) is 0 Å². The van der Waals surface area contributed by atoms with Gasteiger partial charge in [-0.1, -0.05) is 0 Å². The monoisotopic (exact) mass is 292 g/mol. The second kappa shape index (κ2) is 4.55. The lowest BCUT2D eigenvalue weighted by molar-refractivity contribution is -0.111. The van der Waals surface area contributed by atoms with Crippen LogP contribution in [0, 0.1) is 27.7 Å². The molecule has 0 radical (unpaired) electrons. The van der Waals surface area contributed by atoms with Gasteiger partial charge >= 0.3 is 0 Å². The lowest BCUT2D eigenvalue weighted by atomic mass is 9.80. The summed E-state index contributed by atoms with van der Waals surface area (Å²) < 4.78 is 0. The smallest absolute Gasteiger partial charge is 0.189 e. The Morgan fingerprint density at radius 3 is 1.50 bits per heavy atom. The highest BCUT2D eigenvalue weighted by Crippen LogP contribution is 2.51. The Hall–Kier alpha value is -1.89. The molecule has 1 aromatic rings. The number of carbonyl (C=O) groups excluding carboxylic acids is 1. The average Bonchev–Trinajstić information content (AvgIpc) is 2.80. The third kappa shape index (κ3) is 1.57. The van der Waals surface area contributed by atoms with E-state index in [0.29, 0.717) is 0 Å². The molecule has 3 rings (SSSR count). The van der Waals surface area contributed by atoms with Crippen molar-refractivity contribution < 1.29 is 4.79 Å². The molecule has 0 N–H and O–H groups in total. The molecule has 0 bridgehead atoms. The minimum Gasteiger partial charge on any atom is -0.289 e. The Morgan fingerprint density at radius 1 is 0.455 bits per heavy atom. The van der Waals surface area contributed by atoms with Gasteiger partial charge in [0.15, 0.2) is 5.78 Å². The van der Waals surface area contributed by atoms with E-state index in [2.05, 4.69) is 48.5 Å². The summed E-state index contributed by atoms with van der Waals surface area (Å²) in [4.78, 5) is 12.9. The van der Waals surface area contributed by atoms with Gasteiger partial charge in [0.2, 0.25) is 0 Å². The van der Waals surface area contributed by atoms with E-state index in [1.54, 1.807) is 0 Å². The van der Waals surface area contributed by atoms with Gasteiger partial charge in [-0.3, -0.25) is 4.79 Å². The third-order valence-electron chi connectivity index (χ3n) is 6.01. The number of fused-ring (bicyclic) bond motifs is 3. The quantitative estimate of drug-likeness (QED) is 0.625. The van der Waals surface area contributed by atoms with E-state index >= 15 is 0 Å². The molecule has 0 fully saturated rings. The molecule has 1 nitrogen and oxygen atoms in total. The molecule has 0 aromatic heterocycles. The van der Waals surface area contributed by atoms with Crippen LogP contribution >= 0.6 is 0 Å². The summed E-state index contributed by atoms with van der Waals surface area (Å²) in [6, 6.07) is 0. The zero-order valence-electron chi connectivity index (χ0n) is 14.9. The van der Waals surface area contributed by atoms with E-state index in [-0.39, 0.29) is 5.78 Å². The summed E-state index contributed by atoms with van der Waals surface area (Å²) in [5.41, 5.74) is 14.5. The van der Waals surface area contributed by atoms with Crippen molar-refractivity contribution in [3.63, 3.8) is 0 Å². The van der Waals surface area contributed by atoms with Crippen LogP contribution in [0.15, 0.2) is 22.3 Å². The van der Waals surface area contributed by atoms with E-state index in [1.165, 1.54) is 44.5 Å². The van der Waals surface area contributed by atoms with E-state index in [0.717, 1.165) is 22.3 Å². The summed E-state index contributed by atoms with van der Waals surface area (Å²) >= 11 is 0. The normalized spacial score (nSPS) is 17.5. The van der Waals surface area contributed by atoms with Crippen LogP contribution in [0.4, 0.5) is 0 Å². The molecule has 2 aliphatic rings. The molecule has 0 aliphatic heterocycles. The maximum absolute atomic E-state index is 12.9. The number of ketones is 1. The number of allylic oxidation sites excluding steroid dienone is 6. The molecule has 0 amide bonds. The number of benzene rings is 1. The fraction of sp³-hybridized carbons (Fsp3) is 0.381. The van der Waals surface area contributed by atoms with Gasteiger partial charge in [0.05, 0.1) is 0 Å². The van der Waals surface area contributed by atoms with E-state index in [1.807, 2.05) is 6.92 Å². The predicted octanol–water partition coefficient (Wildman–Crippen LogP) is 5.40. The highest BCUT2D eigenvalue weighted by atomic mass is 16.1. The largest absolute Gasteiger partial charge is 0.289 e. The van der Waals surface area contributed by atoms with Gasteiger partial charge in [-0.25, -0.2) is 0 Å². The molecule has 0 saturated carbocycles. The van der Waals surface area contributed by atoms with Gasteiger partial charge in [0.1, 0.15) is 0 Å². The predicted molar refractivity (Wildman–Crippen MR) is 94.0 cm³/mol. The molecule has 0 atom stereocenters. The van der Waals surface area contributed by atoms with Gasteiger partial charge in [-0.05, 0) is 111 Å². The van der Waals surface area contributed by atoms with Crippen LogP contribution in [-0.4, -0.2) is 5.78 Å². The molecular weight excluding hydrogens is 268 g/mol. The molecule has 0 spiro atoms. The summed E-state index contributed by atoms with van der Waals surface area (Å²) in [5.74, 6) is 0.209. The Morgan fingerprint density at radius 2 is 0.955 bits per heavy atom. The Labute approximate surface area is 133 Å². The number of rotatable bonds is 0. The van der Waals surface area contributed by atoms with Crippen molar-refractivity contribution in [2.75, 3.05) is 0 Å². The van der Waals surface area contributed by atoms with Crippen LogP contribution in [0.2, 0.25) is 0 Å². The zero-order chi connectivity index (χ0) is 16.5. The minimum atomic E-state index is 0.209. The van der Waals surface area contributed by atoms with E-state index in [4.69, 9.17) is 0 Å². The van der Waals surface area contributed by atoms with Crippen molar-refractivity contribution in [1.29, 1.82) is 0 Å². The van der Waals surface area contributed by atoms with Gasteiger partial charge < -0.3 is 0 Å². The van der Waals surface area contributed by atoms with Gasteiger partial charge in [0.25, 0.3) is 0 Å². The topological polar surface area (TPSA) is 17.1 Å². The Balaban J connectivity index is 2.54. The molecule has 0 unspecified atom stereocenters. The first-order chi connectivity index (χ1) is 10.2. The van der Waals surface area contributed by atoms with Gasteiger partial charge in [0, 0.05) is 11.1 Å². The Kier molecular flexibility index (Phi) is 3.11. The number of hydrogen-bond acceptors (Lipinski definition) is 1. The molecule has 0 heterocycles. The molecule has 0 saturated heterocycles. The average molecular weight is 292 g/mol. The third-order valence-corrected chi connectivity index (χ3v) is 6.01. The van der Waals surface area contributed by atoms with Crippen molar-refractivity contribution in [3.8, 4) is 0 Å². The second-order valence-corrected chi connectivity index (χ2v) is 6.83. The highest BCUT2D eigenvalue weighted by Gasteiger charge is 2.37. The highest BCUT2D eigenvalue weighted by molar-refractivity contribution is 6.29. The van der Waals surface area contributed by atoms with Crippen LogP contribution in [0.3, 0.4) is 0 Å². The zero-order valence-corrected chi connectivity index (χ0v) is 14.9. The standard InChI is InChI=1S/C21H24O/c1-9-10(2)13(5)18-17(12(9)4)16(8)20-19(18)14(6)11(3)15(7)21(20)22/h1-8H3. The maximum Gasteiger partial charge on any atom is 0.189 e. The fourth-order valence-electron chi connectivity index (χ4n) is 4.02. The maximum atomic E-state index is 12.9. The van der Waals surface area contributed by atoms with Crippen molar-refractivity contribution in [2.45, 2.75) is 55.4 Å². The summed E-state index contributed by atoms with van der Waals surface area (Å²) in [5, 5.41) is 0. The van der Waals surface area contributed by atoms with E-state index < -0.39 is 0 Å². The lowest BCUT2D eigenvalue weighted by Gasteiger charge is -2.22. The first kappa shape index (κ1) is 15.0. The van der Waals surface area contributed by atoms with Gasteiger partial charge in [-0.15, -0.1) is 0 Å². The van der Waals surface area contributed by atoms with Crippen molar-refractivity contribution in [1.82, 2.24) is 0 Å². The molecule has 22 heavy (non-hydrogen) atoms. The molecule has 114 valence electrons. The molecule has 1 aromatic carbocycles. The molecule has 1 heteroatoms. The fourth-order valence-corrected chi connectivity index (χ4v) is 4.02. The molecule has 2 aliphatic carbocycles.